The Kier molecular flexibility index (Phi) is 4.82. The molecule has 0 unspecified atom stereocenters. The third-order valence-electron chi connectivity index (χ3n) is 4.05. The van der Waals surface area contributed by atoms with Gasteiger partial charge in [0, 0.05) is 11.8 Å². The highest BCUT2D eigenvalue weighted by atomic mass is 19.1. The molecular formula is C21H20FN. The van der Waals surface area contributed by atoms with E-state index in [-0.39, 0.29) is 0 Å². The summed E-state index contributed by atoms with van der Waals surface area (Å²) in [6.07, 6.45) is 5.17. The van der Waals surface area contributed by atoms with Gasteiger partial charge < -0.3 is 0 Å². The number of hydrogen-bond acceptors (Lipinski definition) is 1. The van der Waals surface area contributed by atoms with Crippen LogP contribution in [0.1, 0.15) is 25.3 Å². The second-order valence-corrected chi connectivity index (χ2v) is 5.75. The predicted molar refractivity (Wildman–Crippen MR) is 93.7 cm³/mol. The van der Waals surface area contributed by atoms with Crippen molar-refractivity contribution < 1.29 is 4.39 Å². The van der Waals surface area contributed by atoms with Gasteiger partial charge in [-0.25, -0.2) is 4.98 Å². The van der Waals surface area contributed by atoms with Crippen LogP contribution in [0.25, 0.3) is 22.3 Å². The highest BCUT2D eigenvalue weighted by Crippen LogP contribution is 2.25. The van der Waals surface area contributed by atoms with Crippen LogP contribution >= 0.6 is 0 Å². The molecule has 1 heterocycles. The van der Waals surface area contributed by atoms with E-state index in [1.807, 2.05) is 0 Å². The number of rotatable bonds is 5. The number of hydrogen-bond donors (Lipinski definition) is 0. The summed E-state index contributed by atoms with van der Waals surface area (Å²) in [7, 11) is 0. The Morgan fingerprint density at radius 2 is 1.26 bits per heavy atom. The van der Waals surface area contributed by atoms with Gasteiger partial charge in [0.05, 0.1) is 0 Å². The van der Waals surface area contributed by atoms with E-state index < -0.39 is 5.95 Å². The van der Waals surface area contributed by atoms with Gasteiger partial charge in [-0.3, -0.25) is 0 Å². The highest BCUT2D eigenvalue weighted by molar-refractivity contribution is 5.70. The normalized spacial score (nSPS) is 10.7. The van der Waals surface area contributed by atoms with E-state index in [1.165, 1.54) is 35.6 Å². The SMILES string of the molecule is CCCCc1ccc(-c2ccc(-c3ccc(F)nc3)cc2)cc1. The van der Waals surface area contributed by atoms with Gasteiger partial charge in [-0.2, -0.15) is 4.39 Å². The lowest BCUT2D eigenvalue weighted by atomic mass is 9.99. The minimum atomic E-state index is -0.450. The van der Waals surface area contributed by atoms with E-state index in [9.17, 15) is 4.39 Å². The van der Waals surface area contributed by atoms with Gasteiger partial charge in [-0.05, 0) is 47.2 Å². The molecule has 0 aliphatic heterocycles. The van der Waals surface area contributed by atoms with Crippen molar-refractivity contribution in [3.05, 3.63) is 78.4 Å². The van der Waals surface area contributed by atoms with Crippen molar-refractivity contribution in [2.75, 3.05) is 0 Å². The summed E-state index contributed by atoms with van der Waals surface area (Å²) in [5.74, 6) is -0.450. The summed E-state index contributed by atoms with van der Waals surface area (Å²) in [6.45, 7) is 2.21. The molecule has 0 bridgehead atoms. The molecule has 0 amide bonds. The molecule has 1 aromatic heterocycles. The minimum absolute atomic E-state index is 0.450. The molecule has 116 valence electrons. The first kappa shape index (κ1) is 15.4. The second-order valence-electron chi connectivity index (χ2n) is 5.75. The van der Waals surface area contributed by atoms with E-state index in [2.05, 4.69) is 60.4 Å². The average molecular weight is 305 g/mol. The molecule has 0 aliphatic rings. The summed E-state index contributed by atoms with van der Waals surface area (Å²) in [5.41, 5.74) is 5.76. The number of aryl methyl sites for hydroxylation is 1. The van der Waals surface area contributed by atoms with Crippen molar-refractivity contribution in [3.63, 3.8) is 0 Å². The van der Waals surface area contributed by atoms with Crippen molar-refractivity contribution >= 4 is 0 Å². The summed E-state index contributed by atoms with van der Waals surface area (Å²) < 4.78 is 12.9. The molecule has 2 heteroatoms. The van der Waals surface area contributed by atoms with Crippen LogP contribution in [-0.4, -0.2) is 4.98 Å². The van der Waals surface area contributed by atoms with Gasteiger partial charge in [0.15, 0.2) is 0 Å². The van der Waals surface area contributed by atoms with Crippen molar-refractivity contribution in [2.45, 2.75) is 26.2 Å². The third-order valence-corrected chi connectivity index (χ3v) is 4.05. The van der Waals surface area contributed by atoms with Crippen LogP contribution < -0.4 is 0 Å². The Hall–Kier alpha value is -2.48. The van der Waals surface area contributed by atoms with Crippen LogP contribution in [0.5, 0.6) is 0 Å². The fourth-order valence-corrected chi connectivity index (χ4v) is 2.65. The second kappa shape index (κ2) is 7.19. The minimum Gasteiger partial charge on any atom is -0.228 e. The monoisotopic (exact) mass is 305 g/mol. The fourth-order valence-electron chi connectivity index (χ4n) is 2.65. The van der Waals surface area contributed by atoms with Gasteiger partial charge in [0.1, 0.15) is 0 Å². The summed E-state index contributed by atoms with van der Waals surface area (Å²) in [4.78, 5) is 3.70. The van der Waals surface area contributed by atoms with Crippen LogP contribution in [0.4, 0.5) is 4.39 Å². The topological polar surface area (TPSA) is 12.9 Å². The van der Waals surface area contributed by atoms with Gasteiger partial charge in [-0.1, -0.05) is 61.9 Å². The molecule has 0 N–H and O–H groups in total. The maximum absolute atomic E-state index is 12.9. The predicted octanol–water partition coefficient (Wildman–Crippen LogP) is 5.90. The standard InChI is InChI=1S/C21H20FN/c1-2-3-4-16-5-7-17(8-6-16)18-9-11-19(12-10-18)20-13-14-21(22)23-15-20/h5-15H,2-4H2,1H3. The zero-order valence-corrected chi connectivity index (χ0v) is 13.3. The first-order valence-corrected chi connectivity index (χ1v) is 8.07. The maximum Gasteiger partial charge on any atom is 0.212 e. The van der Waals surface area contributed by atoms with Gasteiger partial charge in [-0.15, -0.1) is 0 Å². The number of benzene rings is 2. The lowest BCUT2D eigenvalue weighted by Crippen LogP contribution is -1.86. The molecule has 3 aromatic rings. The number of aromatic nitrogens is 1. The maximum atomic E-state index is 12.9. The van der Waals surface area contributed by atoms with E-state index in [0.29, 0.717) is 0 Å². The van der Waals surface area contributed by atoms with Crippen molar-refractivity contribution in [1.29, 1.82) is 0 Å². The van der Waals surface area contributed by atoms with Crippen molar-refractivity contribution in [1.82, 2.24) is 4.98 Å². The Labute approximate surface area is 136 Å². The zero-order chi connectivity index (χ0) is 16.1. The molecule has 0 fully saturated rings. The molecule has 0 aliphatic carbocycles. The van der Waals surface area contributed by atoms with Crippen molar-refractivity contribution in [2.24, 2.45) is 0 Å². The molecular weight excluding hydrogens is 285 g/mol. The van der Waals surface area contributed by atoms with Crippen LogP contribution in [0.2, 0.25) is 0 Å². The largest absolute Gasteiger partial charge is 0.228 e. The quantitative estimate of drug-likeness (QED) is 0.535. The lowest BCUT2D eigenvalue weighted by Gasteiger charge is -2.06. The molecule has 0 atom stereocenters. The van der Waals surface area contributed by atoms with E-state index in [1.54, 1.807) is 12.3 Å². The zero-order valence-electron chi connectivity index (χ0n) is 13.3. The first-order chi connectivity index (χ1) is 11.3. The Balaban J connectivity index is 1.77. The number of halogens is 1. The van der Waals surface area contributed by atoms with Gasteiger partial charge >= 0.3 is 0 Å². The van der Waals surface area contributed by atoms with E-state index in [0.717, 1.165) is 17.5 Å². The lowest BCUT2D eigenvalue weighted by molar-refractivity contribution is 0.584. The smallest absolute Gasteiger partial charge is 0.212 e. The molecule has 1 nitrogen and oxygen atoms in total. The van der Waals surface area contributed by atoms with Crippen LogP contribution in [0.3, 0.4) is 0 Å². The molecule has 3 rings (SSSR count). The van der Waals surface area contributed by atoms with Crippen molar-refractivity contribution in [3.8, 4) is 22.3 Å². The highest BCUT2D eigenvalue weighted by Gasteiger charge is 2.02. The third kappa shape index (κ3) is 3.84. The van der Waals surface area contributed by atoms with Crippen LogP contribution in [0, 0.1) is 5.95 Å². The van der Waals surface area contributed by atoms with E-state index in [4.69, 9.17) is 0 Å². The number of nitrogens with zero attached hydrogens (tertiary/aromatic N) is 1. The first-order valence-electron chi connectivity index (χ1n) is 8.07. The van der Waals surface area contributed by atoms with Crippen LogP contribution in [0.15, 0.2) is 66.9 Å². The van der Waals surface area contributed by atoms with Gasteiger partial charge in [0.2, 0.25) is 5.95 Å². The Morgan fingerprint density at radius 1 is 0.739 bits per heavy atom. The molecule has 0 spiro atoms. The fraction of sp³-hybridized carbons (Fsp3) is 0.190. The Morgan fingerprint density at radius 3 is 1.78 bits per heavy atom. The molecule has 0 saturated heterocycles. The van der Waals surface area contributed by atoms with Gasteiger partial charge in [0.25, 0.3) is 0 Å². The number of pyridine rings is 1. The Bertz CT molecular complexity index is 743. The molecule has 0 radical (unpaired) electrons. The van der Waals surface area contributed by atoms with E-state index >= 15 is 0 Å². The summed E-state index contributed by atoms with van der Waals surface area (Å²) in [5, 5.41) is 0. The molecule has 23 heavy (non-hydrogen) atoms. The van der Waals surface area contributed by atoms with Crippen LogP contribution in [-0.2, 0) is 6.42 Å². The summed E-state index contributed by atoms with van der Waals surface area (Å²) >= 11 is 0. The summed E-state index contributed by atoms with van der Waals surface area (Å²) in [6, 6.07) is 20.2. The molecule has 2 aromatic carbocycles. The number of unbranched alkanes of at least 4 members (excludes halogenated alkanes) is 1. The molecule has 0 saturated carbocycles. The average Bonchev–Trinajstić information content (AvgIpc) is 2.61.